The van der Waals surface area contributed by atoms with Crippen LogP contribution in [0.2, 0.25) is 0 Å². The van der Waals surface area contributed by atoms with Crippen LogP contribution in [0.25, 0.3) is 0 Å². The van der Waals surface area contributed by atoms with Gasteiger partial charge in [0.15, 0.2) is 0 Å². The Balaban J connectivity index is 0.000000112. The molecule has 0 amide bonds. The summed E-state index contributed by atoms with van der Waals surface area (Å²) in [7, 11) is 0. The van der Waals surface area contributed by atoms with Crippen molar-refractivity contribution in [3.63, 3.8) is 0 Å². The Labute approximate surface area is 37.7 Å². The van der Waals surface area contributed by atoms with E-state index in [-0.39, 0.29) is 0 Å². The summed E-state index contributed by atoms with van der Waals surface area (Å²) >= 11 is 0. The van der Waals surface area contributed by atoms with Gasteiger partial charge in [-0.15, -0.1) is 13.2 Å². The van der Waals surface area contributed by atoms with Crippen molar-refractivity contribution in [2.75, 3.05) is 0 Å². The number of hydrogen-bond acceptors (Lipinski definition) is 1. The van der Waals surface area contributed by atoms with E-state index in [1.807, 2.05) is 0 Å². The zero-order chi connectivity index (χ0) is 4.99. The van der Waals surface area contributed by atoms with Crippen LogP contribution in [-0.2, 0) is 4.79 Å². The van der Waals surface area contributed by atoms with Crippen molar-refractivity contribution in [1.29, 1.82) is 0 Å². The molecular formula is C5H8O. The zero-order valence-corrected chi connectivity index (χ0v) is 3.74. The summed E-state index contributed by atoms with van der Waals surface area (Å²) < 4.78 is 0. The predicted octanol–water partition coefficient (Wildman–Crippen LogP) is 1.15. The van der Waals surface area contributed by atoms with Gasteiger partial charge in [0.05, 0.1) is 0 Å². The molecule has 0 atom stereocenters. The third-order valence-corrected chi connectivity index (χ3v) is 0.454. The van der Waals surface area contributed by atoms with E-state index in [0.29, 0.717) is 5.78 Å². The molecule has 1 aliphatic rings. The molecule has 6 heavy (non-hydrogen) atoms. The van der Waals surface area contributed by atoms with Crippen LogP contribution in [0.15, 0.2) is 13.2 Å². The minimum absolute atomic E-state index is 0.417. The summed E-state index contributed by atoms with van der Waals surface area (Å²) in [5.41, 5.74) is 0. The van der Waals surface area contributed by atoms with Crippen LogP contribution in [0.5, 0.6) is 0 Å². The molecule has 34 valence electrons. The summed E-state index contributed by atoms with van der Waals surface area (Å²) in [5, 5.41) is 0. The van der Waals surface area contributed by atoms with E-state index < -0.39 is 0 Å². The van der Waals surface area contributed by atoms with E-state index in [1.54, 1.807) is 0 Å². The predicted molar refractivity (Wildman–Crippen MR) is 25.5 cm³/mol. The first-order valence-corrected chi connectivity index (χ1v) is 1.91. The molecule has 1 saturated carbocycles. The normalized spacial score (nSPS) is 15.0. The van der Waals surface area contributed by atoms with E-state index in [0.717, 1.165) is 12.8 Å². The van der Waals surface area contributed by atoms with Gasteiger partial charge < -0.3 is 0 Å². The summed E-state index contributed by atoms with van der Waals surface area (Å²) in [6.07, 6.45) is 1.69. The Morgan fingerprint density at radius 3 is 1.50 bits per heavy atom. The second-order valence-electron chi connectivity index (χ2n) is 1.04. The van der Waals surface area contributed by atoms with Crippen molar-refractivity contribution in [2.45, 2.75) is 12.8 Å². The molecule has 1 rings (SSSR count). The second-order valence-corrected chi connectivity index (χ2v) is 1.04. The Morgan fingerprint density at radius 1 is 1.33 bits per heavy atom. The number of carbonyl (C=O) groups is 1. The number of hydrogen-bond donors (Lipinski definition) is 0. The maximum Gasteiger partial charge on any atom is 0.133 e. The van der Waals surface area contributed by atoms with Crippen LogP contribution in [0.3, 0.4) is 0 Å². The van der Waals surface area contributed by atoms with Crippen molar-refractivity contribution in [2.24, 2.45) is 0 Å². The highest BCUT2D eigenvalue weighted by atomic mass is 16.1. The highest BCUT2D eigenvalue weighted by molar-refractivity contribution is 5.92. The van der Waals surface area contributed by atoms with Crippen LogP contribution in [0.1, 0.15) is 12.8 Å². The lowest BCUT2D eigenvalue weighted by Gasteiger charge is -1.26. The summed E-state index contributed by atoms with van der Waals surface area (Å²) in [5.74, 6) is 0.417. The minimum Gasteiger partial charge on any atom is -0.300 e. The molecule has 0 bridgehead atoms. The third-order valence-electron chi connectivity index (χ3n) is 0.454. The largest absolute Gasteiger partial charge is 0.300 e. The average molecular weight is 84.1 g/mol. The van der Waals surface area contributed by atoms with E-state index >= 15 is 0 Å². The van der Waals surface area contributed by atoms with Crippen LogP contribution in [-0.4, -0.2) is 5.78 Å². The van der Waals surface area contributed by atoms with Gasteiger partial charge in [0, 0.05) is 12.8 Å². The van der Waals surface area contributed by atoms with Gasteiger partial charge in [-0.25, -0.2) is 0 Å². The quantitative estimate of drug-likeness (QED) is 0.402. The molecule has 1 aliphatic carbocycles. The Bertz CT molecular complexity index is 51.0. The fourth-order valence-corrected chi connectivity index (χ4v) is 0.0510. The van der Waals surface area contributed by atoms with E-state index in [4.69, 9.17) is 0 Å². The maximum absolute atomic E-state index is 9.56. The van der Waals surface area contributed by atoms with E-state index in [2.05, 4.69) is 13.2 Å². The number of ketones is 1. The van der Waals surface area contributed by atoms with Gasteiger partial charge in [-0.2, -0.15) is 0 Å². The van der Waals surface area contributed by atoms with Crippen molar-refractivity contribution in [3.8, 4) is 0 Å². The molecule has 0 radical (unpaired) electrons. The molecule has 0 aromatic carbocycles. The molecule has 0 aliphatic heterocycles. The number of rotatable bonds is 0. The molecule has 0 unspecified atom stereocenters. The molecule has 1 fully saturated rings. The summed E-state index contributed by atoms with van der Waals surface area (Å²) in [6.45, 7) is 6.00. The molecular weight excluding hydrogens is 76.1 g/mol. The van der Waals surface area contributed by atoms with Crippen LogP contribution >= 0.6 is 0 Å². The minimum atomic E-state index is 0.417. The lowest BCUT2D eigenvalue weighted by atomic mass is 10.9. The molecule has 1 nitrogen and oxygen atoms in total. The van der Waals surface area contributed by atoms with Crippen LogP contribution in [0.4, 0.5) is 0 Å². The molecule has 0 aromatic heterocycles. The van der Waals surface area contributed by atoms with Crippen LogP contribution in [0, 0.1) is 0 Å². The highest BCUT2D eigenvalue weighted by Crippen LogP contribution is 2.08. The molecule has 0 aromatic rings. The smallest absolute Gasteiger partial charge is 0.133 e. The van der Waals surface area contributed by atoms with Gasteiger partial charge in [-0.05, 0) is 0 Å². The van der Waals surface area contributed by atoms with Gasteiger partial charge in [0.1, 0.15) is 5.78 Å². The SMILES string of the molecule is C=C.O=C1CC1. The fraction of sp³-hybridized carbons (Fsp3) is 0.400. The Morgan fingerprint density at radius 2 is 1.50 bits per heavy atom. The average Bonchev–Trinajstić information content (AvgIpc) is 2.30. The highest BCUT2D eigenvalue weighted by Gasteiger charge is 2.13. The lowest BCUT2D eigenvalue weighted by Crippen LogP contribution is -1.44. The topological polar surface area (TPSA) is 17.1 Å². The zero-order valence-electron chi connectivity index (χ0n) is 3.74. The first kappa shape index (κ1) is 5.41. The van der Waals surface area contributed by atoms with Crippen molar-refractivity contribution in [3.05, 3.63) is 13.2 Å². The lowest BCUT2D eigenvalue weighted by molar-refractivity contribution is -0.109. The number of Topliss-reactive ketones (excluding diaryl/α,β-unsaturated/α-hetero) is 1. The fourth-order valence-electron chi connectivity index (χ4n) is 0.0510. The monoisotopic (exact) mass is 84.1 g/mol. The van der Waals surface area contributed by atoms with Gasteiger partial charge >= 0.3 is 0 Å². The van der Waals surface area contributed by atoms with Gasteiger partial charge in [0.2, 0.25) is 0 Å². The van der Waals surface area contributed by atoms with Gasteiger partial charge in [-0.1, -0.05) is 0 Å². The maximum atomic E-state index is 9.56. The van der Waals surface area contributed by atoms with Gasteiger partial charge in [0.25, 0.3) is 0 Å². The van der Waals surface area contributed by atoms with Crippen molar-refractivity contribution in [1.82, 2.24) is 0 Å². The first-order chi connectivity index (χ1) is 2.89. The van der Waals surface area contributed by atoms with E-state index in [1.165, 1.54) is 0 Å². The molecule has 0 heterocycles. The number of carbonyl (C=O) groups excluding carboxylic acids is 1. The summed E-state index contributed by atoms with van der Waals surface area (Å²) in [4.78, 5) is 9.56. The standard InChI is InChI=1S/C3H4O.C2H4/c4-3-1-2-3;1-2/h1-2H2;1-2H2. The summed E-state index contributed by atoms with van der Waals surface area (Å²) in [6, 6.07) is 0. The Kier molecular flexibility index (Phi) is 2.38. The third kappa shape index (κ3) is 3.41. The second kappa shape index (κ2) is 2.64. The van der Waals surface area contributed by atoms with Crippen molar-refractivity contribution < 1.29 is 4.79 Å². The molecule has 1 heteroatoms. The van der Waals surface area contributed by atoms with E-state index in [9.17, 15) is 4.79 Å². The Hall–Kier alpha value is -0.590. The molecule has 0 spiro atoms. The van der Waals surface area contributed by atoms with Crippen LogP contribution < -0.4 is 0 Å². The molecule has 0 N–H and O–H groups in total. The van der Waals surface area contributed by atoms with Gasteiger partial charge in [-0.3, -0.25) is 4.79 Å². The van der Waals surface area contributed by atoms with Crippen molar-refractivity contribution >= 4 is 5.78 Å². The first-order valence-electron chi connectivity index (χ1n) is 1.91. The molecule has 0 saturated heterocycles.